The Labute approximate surface area is 142 Å². The normalized spacial score (nSPS) is 11.0. The molecule has 1 aromatic carbocycles. The number of amides is 2. The van der Waals surface area contributed by atoms with Gasteiger partial charge in [-0.15, -0.1) is 0 Å². The summed E-state index contributed by atoms with van der Waals surface area (Å²) in [5.41, 5.74) is 2.47. The lowest BCUT2D eigenvalue weighted by atomic mass is 10.1. The van der Waals surface area contributed by atoms with Gasteiger partial charge < -0.3 is 10.6 Å². The van der Waals surface area contributed by atoms with E-state index in [9.17, 15) is 9.59 Å². The van der Waals surface area contributed by atoms with Crippen LogP contribution in [0.3, 0.4) is 0 Å². The highest BCUT2D eigenvalue weighted by atomic mass is 16.2. The second kappa shape index (κ2) is 7.25. The zero-order valence-electron chi connectivity index (χ0n) is 14.5. The lowest BCUT2D eigenvalue weighted by Crippen LogP contribution is -2.41. The van der Waals surface area contributed by atoms with Crippen molar-refractivity contribution in [3.8, 4) is 0 Å². The van der Waals surface area contributed by atoms with Crippen LogP contribution in [0, 0.1) is 6.92 Å². The Bertz CT molecular complexity index is 748. The minimum absolute atomic E-state index is 0.230. The molecule has 24 heavy (non-hydrogen) atoms. The minimum atomic E-state index is -0.359. The van der Waals surface area contributed by atoms with Gasteiger partial charge in [0.25, 0.3) is 11.8 Å². The number of nitrogens with zero attached hydrogens (tertiary/aromatic N) is 1. The van der Waals surface area contributed by atoms with Gasteiger partial charge in [-0.3, -0.25) is 14.6 Å². The zero-order valence-corrected chi connectivity index (χ0v) is 14.5. The van der Waals surface area contributed by atoms with Crippen molar-refractivity contribution in [2.45, 2.75) is 39.8 Å². The molecule has 0 aliphatic heterocycles. The molecule has 2 aromatic rings. The molecular weight excluding hydrogens is 302 g/mol. The molecule has 5 heteroatoms. The average Bonchev–Trinajstić information content (AvgIpc) is 2.52. The monoisotopic (exact) mass is 325 g/mol. The predicted molar refractivity (Wildman–Crippen MR) is 93.8 cm³/mol. The summed E-state index contributed by atoms with van der Waals surface area (Å²) >= 11 is 0. The lowest BCUT2D eigenvalue weighted by molar-refractivity contribution is 0.0914. The van der Waals surface area contributed by atoms with E-state index in [2.05, 4.69) is 15.6 Å². The van der Waals surface area contributed by atoms with Crippen molar-refractivity contribution < 1.29 is 9.59 Å². The van der Waals surface area contributed by atoms with Crippen molar-refractivity contribution in [1.29, 1.82) is 0 Å². The summed E-state index contributed by atoms with van der Waals surface area (Å²) in [5.74, 6) is -0.526. The topological polar surface area (TPSA) is 71.1 Å². The summed E-state index contributed by atoms with van der Waals surface area (Å²) in [5, 5.41) is 5.71. The Morgan fingerprint density at radius 1 is 1.08 bits per heavy atom. The van der Waals surface area contributed by atoms with E-state index in [-0.39, 0.29) is 23.0 Å². The highest BCUT2D eigenvalue weighted by Gasteiger charge is 2.17. The third-order valence-electron chi connectivity index (χ3n) is 3.44. The van der Waals surface area contributed by atoms with E-state index in [1.54, 1.807) is 6.07 Å². The van der Waals surface area contributed by atoms with E-state index in [0.29, 0.717) is 12.1 Å². The molecule has 0 bridgehead atoms. The molecule has 0 radical (unpaired) electrons. The SMILES string of the molecule is Cc1ccccc1CNC(=O)c1ccnc(C(=O)NC(C)(C)C)c1. The van der Waals surface area contributed by atoms with E-state index < -0.39 is 0 Å². The maximum Gasteiger partial charge on any atom is 0.270 e. The summed E-state index contributed by atoms with van der Waals surface area (Å²) in [7, 11) is 0. The third-order valence-corrected chi connectivity index (χ3v) is 3.44. The zero-order chi connectivity index (χ0) is 17.7. The van der Waals surface area contributed by atoms with Crippen LogP contribution in [0.15, 0.2) is 42.6 Å². The molecule has 2 amide bonds. The van der Waals surface area contributed by atoms with Gasteiger partial charge in [-0.1, -0.05) is 24.3 Å². The first-order valence-electron chi connectivity index (χ1n) is 7.87. The van der Waals surface area contributed by atoms with Crippen LogP contribution < -0.4 is 10.6 Å². The van der Waals surface area contributed by atoms with Crippen LogP contribution in [0.25, 0.3) is 0 Å². The Morgan fingerprint density at radius 2 is 1.79 bits per heavy atom. The Morgan fingerprint density at radius 3 is 2.46 bits per heavy atom. The molecule has 0 fully saturated rings. The predicted octanol–water partition coefficient (Wildman–Crippen LogP) is 2.85. The van der Waals surface area contributed by atoms with Gasteiger partial charge in [0, 0.05) is 23.8 Å². The number of nitrogens with one attached hydrogen (secondary N) is 2. The van der Waals surface area contributed by atoms with Gasteiger partial charge in [0.2, 0.25) is 0 Å². The van der Waals surface area contributed by atoms with Crippen LogP contribution in [-0.4, -0.2) is 22.3 Å². The highest BCUT2D eigenvalue weighted by Crippen LogP contribution is 2.08. The molecular formula is C19H23N3O2. The number of aromatic nitrogens is 1. The molecule has 5 nitrogen and oxygen atoms in total. The summed E-state index contributed by atoms with van der Waals surface area (Å²) < 4.78 is 0. The third kappa shape index (κ3) is 4.91. The summed E-state index contributed by atoms with van der Waals surface area (Å²) in [4.78, 5) is 28.5. The standard InChI is InChI=1S/C19H23N3O2/c1-13-7-5-6-8-15(13)12-21-17(23)14-9-10-20-16(11-14)18(24)22-19(2,3)4/h5-11H,12H2,1-4H3,(H,21,23)(H,22,24). The van der Waals surface area contributed by atoms with E-state index >= 15 is 0 Å². The van der Waals surface area contributed by atoms with Crippen LogP contribution in [0.1, 0.15) is 52.7 Å². The van der Waals surface area contributed by atoms with Crippen LogP contribution in [0.4, 0.5) is 0 Å². The number of pyridine rings is 1. The van der Waals surface area contributed by atoms with Crippen molar-refractivity contribution in [1.82, 2.24) is 15.6 Å². The van der Waals surface area contributed by atoms with Crippen molar-refractivity contribution in [3.05, 3.63) is 65.0 Å². The maximum atomic E-state index is 12.3. The first kappa shape index (κ1) is 17.7. The van der Waals surface area contributed by atoms with Crippen LogP contribution >= 0.6 is 0 Å². The van der Waals surface area contributed by atoms with E-state index in [0.717, 1.165) is 11.1 Å². The van der Waals surface area contributed by atoms with Crippen molar-refractivity contribution >= 4 is 11.8 Å². The Balaban J connectivity index is 2.06. The van der Waals surface area contributed by atoms with Gasteiger partial charge in [0.05, 0.1) is 0 Å². The van der Waals surface area contributed by atoms with Crippen molar-refractivity contribution in [2.24, 2.45) is 0 Å². The summed E-state index contributed by atoms with van der Waals surface area (Å²) in [6.45, 7) is 8.12. The Kier molecular flexibility index (Phi) is 5.34. The van der Waals surface area contributed by atoms with Gasteiger partial charge in [-0.05, 0) is 51.0 Å². The molecule has 0 atom stereocenters. The van der Waals surface area contributed by atoms with Crippen LogP contribution in [0.2, 0.25) is 0 Å². The Hall–Kier alpha value is -2.69. The largest absolute Gasteiger partial charge is 0.348 e. The van der Waals surface area contributed by atoms with E-state index in [4.69, 9.17) is 0 Å². The first-order chi connectivity index (χ1) is 11.3. The molecule has 2 N–H and O–H groups in total. The lowest BCUT2D eigenvalue weighted by Gasteiger charge is -2.20. The average molecular weight is 325 g/mol. The molecule has 0 aliphatic carbocycles. The molecule has 0 aliphatic rings. The molecule has 1 aromatic heterocycles. The first-order valence-corrected chi connectivity index (χ1v) is 7.87. The highest BCUT2D eigenvalue weighted by molar-refractivity contribution is 5.98. The maximum absolute atomic E-state index is 12.3. The van der Waals surface area contributed by atoms with Gasteiger partial charge in [-0.25, -0.2) is 0 Å². The fourth-order valence-corrected chi connectivity index (χ4v) is 2.19. The number of hydrogen-bond donors (Lipinski definition) is 2. The van der Waals surface area contributed by atoms with Gasteiger partial charge >= 0.3 is 0 Å². The van der Waals surface area contributed by atoms with Crippen molar-refractivity contribution in [2.75, 3.05) is 0 Å². The number of benzene rings is 1. The number of carbonyl (C=O) groups is 2. The van der Waals surface area contributed by atoms with Crippen LogP contribution in [0.5, 0.6) is 0 Å². The molecule has 0 unspecified atom stereocenters. The van der Waals surface area contributed by atoms with E-state index in [1.165, 1.54) is 12.3 Å². The molecule has 2 rings (SSSR count). The number of hydrogen-bond acceptors (Lipinski definition) is 3. The van der Waals surface area contributed by atoms with Gasteiger partial charge in [0.1, 0.15) is 5.69 Å². The minimum Gasteiger partial charge on any atom is -0.348 e. The molecule has 0 spiro atoms. The van der Waals surface area contributed by atoms with Gasteiger partial charge in [0.15, 0.2) is 0 Å². The fourth-order valence-electron chi connectivity index (χ4n) is 2.19. The van der Waals surface area contributed by atoms with Gasteiger partial charge in [-0.2, -0.15) is 0 Å². The molecule has 0 saturated heterocycles. The fraction of sp³-hybridized carbons (Fsp3) is 0.316. The number of aryl methyl sites for hydroxylation is 1. The van der Waals surface area contributed by atoms with Crippen LogP contribution in [-0.2, 0) is 6.54 Å². The summed E-state index contributed by atoms with van der Waals surface area (Å²) in [6.07, 6.45) is 1.47. The number of rotatable bonds is 4. The summed E-state index contributed by atoms with van der Waals surface area (Å²) in [6, 6.07) is 11.0. The second-order valence-electron chi connectivity index (χ2n) is 6.74. The number of carbonyl (C=O) groups excluding carboxylic acids is 2. The quantitative estimate of drug-likeness (QED) is 0.908. The van der Waals surface area contributed by atoms with E-state index in [1.807, 2.05) is 52.0 Å². The van der Waals surface area contributed by atoms with Crippen molar-refractivity contribution in [3.63, 3.8) is 0 Å². The molecule has 1 heterocycles. The second-order valence-corrected chi connectivity index (χ2v) is 6.74. The smallest absolute Gasteiger partial charge is 0.270 e. The molecule has 0 saturated carbocycles. The molecule has 126 valence electrons.